The van der Waals surface area contributed by atoms with E-state index < -0.39 is 6.10 Å². The van der Waals surface area contributed by atoms with Crippen LogP contribution in [-0.2, 0) is 23.9 Å². The maximum absolute atomic E-state index is 12.6. The van der Waals surface area contributed by atoms with Crippen LogP contribution in [0.5, 0.6) is 0 Å². The summed E-state index contributed by atoms with van der Waals surface area (Å²) in [6.07, 6.45) is 40.2. The van der Waals surface area contributed by atoms with Crippen LogP contribution in [0.15, 0.2) is 0 Å². The van der Waals surface area contributed by atoms with E-state index in [0.717, 1.165) is 70.5 Å². The Kier molecular flexibility index (Phi) is 34.4. The summed E-state index contributed by atoms with van der Waals surface area (Å²) in [5.41, 5.74) is 0. The number of aldehydes is 1. The first kappa shape index (κ1) is 43.6. The highest BCUT2D eigenvalue weighted by Gasteiger charge is 2.31. The minimum Gasteiger partial charge on any atom is -0.469 e. The number of methoxy groups -OCH3 is 1. The topological polar surface area (TPSA) is 69.7 Å². The van der Waals surface area contributed by atoms with Gasteiger partial charge in [0.25, 0.3) is 0 Å². The molecule has 5 heteroatoms. The lowest BCUT2D eigenvalue weighted by Gasteiger charge is -2.25. The third-order valence-corrected chi connectivity index (χ3v) is 9.45. The number of hydrogen-bond acceptors (Lipinski definition) is 5. The van der Waals surface area contributed by atoms with E-state index in [1.54, 1.807) is 0 Å². The van der Waals surface area contributed by atoms with Crippen molar-refractivity contribution in [2.75, 3.05) is 7.11 Å². The summed E-state index contributed by atoms with van der Waals surface area (Å²) in [5.74, 6) is -0.939. The lowest BCUT2D eigenvalue weighted by atomic mass is 9.91. The van der Waals surface area contributed by atoms with Gasteiger partial charge in [-0.3, -0.25) is 9.59 Å². The third kappa shape index (κ3) is 31.0. The molecule has 45 heavy (non-hydrogen) atoms. The van der Waals surface area contributed by atoms with E-state index in [9.17, 15) is 14.4 Å². The number of hydrogen-bond donors (Lipinski definition) is 0. The van der Waals surface area contributed by atoms with Crippen LogP contribution in [0.25, 0.3) is 0 Å². The van der Waals surface area contributed by atoms with Gasteiger partial charge < -0.3 is 14.3 Å². The fourth-order valence-electron chi connectivity index (χ4n) is 6.59. The average Bonchev–Trinajstić information content (AvgIpc) is 3.03. The van der Waals surface area contributed by atoms with Crippen LogP contribution < -0.4 is 0 Å². The summed E-state index contributed by atoms with van der Waals surface area (Å²) in [4.78, 5) is 34.8. The fraction of sp³-hybridized carbons (Fsp3) is 0.925. The number of rotatable bonds is 36. The molecule has 2 atom stereocenters. The molecule has 0 bridgehead atoms. The highest BCUT2D eigenvalue weighted by atomic mass is 16.6. The second-order valence-electron chi connectivity index (χ2n) is 13.7. The van der Waals surface area contributed by atoms with Crippen molar-refractivity contribution in [3.05, 3.63) is 0 Å². The van der Waals surface area contributed by atoms with Crippen LogP contribution in [-0.4, -0.2) is 31.4 Å². The number of carbonyl (C=O) groups is 3. The van der Waals surface area contributed by atoms with Crippen molar-refractivity contribution in [1.82, 2.24) is 0 Å². The lowest BCUT2D eigenvalue weighted by Crippen LogP contribution is -2.33. The second kappa shape index (κ2) is 35.5. The van der Waals surface area contributed by atoms with Gasteiger partial charge in [-0.2, -0.15) is 0 Å². The van der Waals surface area contributed by atoms with Crippen molar-refractivity contribution < 1.29 is 23.9 Å². The molecule has 0 aliphatic rings. The normalized spacial score (nSPS) is 12.6. The van der Waals surface area contributed by atoms with Crippen molar-refractivity contribution in [2.24, 2.45) is 5.92 Å². The molecule has 0 aliphatic heterocycles. The average molecular weight is 637 g/mol. The molecule has 0 aromatic carbocycles. The summed E-state index contributed by atoms with van der Waals surface area (Å²) in [6, 6.07) is 0. The molecule has 0 N–H and O–H groups in total. The van der Waals surface area contributed by atoms with E-state index in [4.69, 9.17) is 9.47 Å². The van der Waals surface area contributed by atoms with Crippen molar-refractivity contribution >= 4 is 18.2 Å². The van der Waals surface area contributed by atoms with Crippen molar-refractivity contribution in [1.29, 1.82) is 0 Å². The zero-order valence-electron chi connectivity index (χ0n) is 30.4. The number of unbranched alkanes of at least 4 members (excludes halogenated alkanes) is 28. The van der Waals surface area contributed by atoms with Crippen LogP contribution in [0.2, 0.25) is 0 Å². The van der Waals surface area contributed by atoms with Crippen LogP contribution in [0, 0.1) is 5.92 Å². The summed E-state index contributed by atoms with van der Waals surface area (Å²) < 4.78 is 10.7. The minimum absolute atomic E-state index is 0.250. The Morgan fingerprint density at radius 3 is 1.18 bits per heavy atom. The van der Waals surface area contributed by atoms with Gasteiger partial charge in [0.1, 0.15) is 12.4 Å². The van der Waals surface area contributed by atoms with Gasteiger partial charge in [0, 0.05) is 13.3 Å². The number of esters is 2. The Balaban J connectivity index is 3.83. The molecule has 0 aromatic heterocycles. The molecule has 0 spiro atoms. The summed E-state index contributed by atoms with van der Waals surface area (Å²) in [6.45, 7) is 3.72. The van der Waals surface area contributed by atoms with Crippen molar-refractivity contribution in [2.45, 2.75) is 225 Å². The molecule has 0 saturated carbocycles. The maximum atomic E-state index is 12.6. The van der Waals surface area contributed by atoms with Gasteiger partial charge in [0.15, 0.2) is 0 Å². The van der Waals surface area contributed by atoms with Crippen LogP contribution in [0.3, 0.4) is 0 Å². The van der Waals surface area contributed by atoms with Gasteiger partial charge in [-0.1, -0.05) is 180 Å². The molecule has 0 aromatic rings. The minimum atomic E-state index is -0.391. The molecule has 0 rings (SSSR count). The second-order valence-corrected chi connectivity index (χ2v) is 13.7. The Morgan fingerprint density at radius 2 is 0.844 bits per heavy atom. The number of ether oxygens (including phenoxy) is 2. The van der Waals surface area contributed by atoms with Gasteiger partial charge in [-0.25, -0.2) is 0 Å². The first-order valence-corrected chi connectivity index (χ1v) is 19.8. The Morgan fingerprint density at radius 1 is 0.511 bits per heavy atom. The SMILES string of the molecule is CCCCCCCCCCCCCCCCCCCCCCCCC(C(=O)OC)[C@@H](CCCCCCCCCC=O)OC(C)=O. The Hall–Kier alpha value is -1.39. The van der Waals surface area contributed by atoms with E-state index in [1.165, 1.54) is 142 Å². The molecule has 1 unspecified atom stereocenters. The van der Waals surface area contributed by atoms with Gasteiger partial charge in [-0.15, -0.1) is 0 Å². The highest BCUT2D eigenvalue weighted by Crippen LogP contribution is 2.24. The molecule has 0 heterocycles. The van der Waals surface area contributed by atoms with E-state index in [1.807, 2.05) is 0 Å². The highest BCUT2D eigenvalue weighted by molar-refractivity contribution is 5.74. The maximum Gasteiger partial charge on any atom is 0.312 e. The van der Waals surface area contributed by atoms with E-state index in [2.05, 4.69) is 6.92 Å². The molecule has 0 fully saturated rings. The molecular formula is C40H76O5. The predicted molar refractivity (Wildman–Crippen MR) is 191 cm³/mol. The summed E-state index contributed by atoms with van der Waals surface area (Å²) in [5, 5.41) is 0. The zero-order chi connectivity index (χ0) is 33.1. The zero-order valence-corrected chi connectivity index (χ0v) is 30.4. The Bertz CT molecular complexity index is 649. The molecular weight excluding hydrogens is 560 g/mol. The third-order valence-electron chi connectivity index (χ3n) is 9.45. The quantitative estimate of drug-likeness (QED) is 0.0389. The van der Waals surface area contributed by atoms with E-state index >= 15 is 0 Å². The lowest BCUT2D eigenvalue weighted by molar-refractivity contribution is -0.160. The van der Waals surface area contributed by atoms with Gasteiger partial charge in [0.05, 0.1) is 13.0 Å². The number of carbonyl (C=O) groups excluding carboxylic acids is 3. The Labute approximate surface area is 280 Å². The smallest absolute Gasteiger partial charge is 0.312 e. The molecule has 5 nitrogen and oxygen atoms in total. The standard InChI is InChI=1S/C40H76O5/c1-4-5-6-7-8-9-10-11-12-13-14-15-16-17-18-19-20-21-22-25-28-31-34-38(40(43)44-3)39(45-37(2)42)35-32-29-26-23-24-27-30-33-36-41/h36,38-39H,4-35H2,1-3H3/t38?,39-/m1/s1. The first-order valence-electron chi connectivity index (χ1n) is 19.8. The van der Waals surface area contributed by atoms with E-state index in [-0.39, 0.29) is 17.9 Å². The largest absolute Gasteiger partial charge is 0.469 e. The van der Waals surface area contributed by atoms with Gasteiger partial charge in [0.2, 0.25) is 0 Å². The summed E-state index contributed by atoms with van der Waals surface area (Å²) >= 11 is 0. The molecule has 0 radical (unpaired) electrons. The first-order chi connectivity index (χ1) is 22.1. The van der Waals surface area contributed by atoms with Crippen LogP contribution in [0.1, 0.15) is 219 Å². The molecule has 266 valence electrons. The monoisotopic (exact) mass is 637 g/mol. The van der Waals surface area contributed by atoms with Crippen molar-refractivity contribution in [3.8, 4) is 0 Å². The predicted octanol–water partition coefficient (Wildman–Crippen LogP) is 12.4. The van der Waals surface area contributed by atoms with Crippen LogP contribution in [0.4, 0.5) is 0 Å². The fourth-order valence-corrected chi connectivity index (χ4v) is 6.59. The van der Waals surface area contributed by atoms with E-state index in [0.29, 0.717) is 12.8 Å². The molecule has 0 saturated heterocycles. The summed E-state index contributed by atoms with van der Waals surface area (Å²) in [7, 11) is 1.43. The van der Waals surface area contributed by atoms with Gasteiger partial charge in [-0.05, 0) is 25.7 Å². The van der Waals surface area contributed by atoms with Crippen molar-refractivity contribution in [3.63, 3.8) is 0 Å². The van der Waals surface area contributed by atoms with Crippen LogP contribution >= 0.6 is 0 Å². The molecule has 0 aliphatic carbocycles. The molecule has 0 amide bonds. The van der Waals surface area contributed by atoms with Gasteiger partial charge >= 0.3 is 11.9 Å².